The van der Waals surface area contributed by atoms with Crippen LogP contribution in [0.15, 0.2) is 47.1 Å². The highest BCUT2D eigenvalue weighted by atomic mass is 16.4. The maximum absolute atomic E-state index is 10.3. The van der Waals surface area contributed by atoms with Gasteiger partial charge in [-0.05, 0) is 26.0 Å². The van der Waals surface area contributed by atoms with E-state index in [1.54, 1.807) is 6.20 Å². The van der Waals surface area contributed by atoms with Gasteiger partial charge >= 0.3 is 0 Å². The zero-order valence-electron chi connectivity index (χ0n) is 10.9. The lowest BCUT2D eigenvalue weighted by molar-refractivity contribution is 0.192. The Morgan fingerprint density at radius 1 is 1.26 bits per heavy atom. The molecule has 3 aromatic rings. The molecule has 0 aliphatic rings. The van der Waals surface area contributed by atoms with Gasteiger partial charge in [0.1, 0.15) is 17.4 Å². The highest BCUT2D eigenvalue weighted by Gasteiger charge is 2.17. The summed E-state index contributed by atoms with van der Waals surface area (Å²) in [6.45, 7) is 4.09. The number of aliphatic hydroxyl groups excluding tert-OH is 1. The lowest BCUT2D eigenvalue weighted by Crippen LogP contribution is -2.01. The van der Waals surface area contributed by atoms with Crippen LogP contribution in [0.2, 0.25) is 0 Å². The van der Waals surface area contributed by atoms with E-state index in [4.69, 9.17) is 4.42 Å². The molecule has 1 unspecified atom stereocenters. The molecule has 19 heavy (non-hydrogen) atoms. The lowest BCUT2D eigenvalue weighted by Gasteiger charge is -2.05. The normalized spacial score (nSPS) is 13.3. The molecular weight excluding hydrogens is 240 g/mol. The van der Waals surface area contributed by atoms with Crippen molar-refractivity contribution in [2.24, 2.45) is 0 Å². The lowest BCUT2D eigenvalue weighted by atomic mass is 10.1. The molecule has 0 spiro atoms. The summed E-state index contributed by atoms with van der Waals surface area (Å²) in [6, 6.07) is 9.86. The second-order valence-electron chi connectivity index (χ2n) is 4.94. The van der Waals surface area contributed by atoms with Crippen molar-refractivity contribution in [3.8, 4) is 0 Å². The van der Waals surface area contributed by atoms with Gasteiger partial charge < -0.3 is 9.52 Å². The summed E-state index contributed by atoms with van der Waals surface area (Å²) in [5.41, 5.74) is 1.53. The summed E-state index contributed by atoms with van der Waals surface area (Å²) in [6.07, 6.45) is 2.75. The number of fused-ring (bicyclic) bond motifs is 1. The first-order valence-electron chi connectivity index (χ1n) is 6.36. The highest BCUT2D eigenvalue weighted by Crippen LogP contribution is 2.28. The van der Waals surface area contributed by atoms with Gasteiger partial charge in [-0.3, -0.25) is 4.68 Å². The molecule has 0 bridgehead atoms. The molecule has 0 saturated heterocycles. The molecule has 0 fully saturated rings. The summed E-state index contributed by atoms with van der Waals surface area (Å²) in [5.74, 6) is 0.546. The minimum atomic E-state index is -0.778. The maximum Gasteiger partial charge on any atom is 0.140 e. The third kappa shape index (κ3) is 2.15. The molecular formula is C15H16N2O2. The van der Waals surface area contributed by atoms with Crippen LogP contribution in [0.4, 0.5) is 0 Å². The van der Waals surface area contributed by atoms with E-state index in [0.717, 1.165) is 16.5 Å². The van der Waals surface area contributed by atoms with Gasteiger partial charge in [0.15, 0.2) is 0 Å². The summed E-state index contributed by atoms with van der Waals surface area (Å²) in [4.78, 5) is 0. The Kier molecular flexibility index (Phi) is 2.87. The number of rotatable bonds is 3. The van der Waals surface area contributed by atoms with Gasteiger partial charge in [0, 0.05) is 23.2 Å². The zero-order chi connectivity index (χ0) is 13.4. The van der Waals surface area contributed by atoms with Crippen molar-refractivity contribution in [1.29, 1.82) is 0 Å². The molecule has 0 amide bonds. The average Bonchev–Trinajstić information content (AvgIpc) is 3.04. The Hall–Kier alpha value is -2.07. The van der Waals surface area contributed by atoms with Crippen LogP contribution in [0.25, 0.3) is 11.0 Å². The fraction of sp³-hybridized carbons (Fsp3) is 0.267. The summed E-state index contributed by atoms with van der Waals surface area (Å²) >= 11 is 0. The molecule has 1 N–H and O–H groups in total. The van der Waals surface area contributed by atoms with E-state index in [1.807, 2.05) is 55.1 Å². The van der Waals surface area contributed by atoms with E-state index < -0.39 is 6.10 Å². The van der Waals surface area contributed by atoms with Crippen molar-refractivity contribution in [3.63, 3.8) is 0 Å². The van der Waals surface area contributed by atoms with Crippen LogP contribution in [0, 0.1) is 0 Å². The van der Waals surface area contributed by atoms with Crippen LogP contribution in [-0.2, 0) is 0 Å². The number of furan rings is 1. The van der Waals surface area contributed by atoms with E-state index in [-0.39, 0.29) is 6.04 Å². The summed E-state index contributed by atoms with van der Waals surface area (Å²) < 4.78 is 7.49. The molecule has 1 aromatic carbocycles. The van der Waals surface area contributed by atoms with Gasteiger partial charge in [-0.15, -0.1) is 0 Å². The fourth-order valence-electron chi connectivity index (χ4n) is 2.08. The largest absolute Gasteiger partial charge is 0.458 e. The van der Waals surface area contributed by atoms with Crippen LogP contribution in [-0.4, -0.2) is 14.9 Å². The van der Waals surface area contributed by atoms with Crippen molar-refractivity contribution < 1.29 is 9.52 Å². The molecule has 0 aliphatic heterocycles. The van der Waals surface area contributed by atoms with E-state index in [1.165, 1.54) is 0 Å². The van der Waals surface area contributed by atoms with Gasteiger partial charge in [-0.1, -0.05) is 18.2 Å². The molecule has 0 aliphatic carbocycles. The topological polar surface area (TPSA) is 51.2 Å². The third-order valence-electron chi connectivity index (χ3n) is 3.18. The van der Waals surface area contributed by atoms with Crippen LogP contribution >= 0.6 is 0 Å². The van der Waals surface area contributed by atoms with Gasteiger partial charge in [-0.25, -0.2) is 0 Å². The van der Waals surface area contributed by atoms with Crippen molar-refractivity contribution in [2.45, 2.75) is 26.0 Å². The monoisotopic (exact) mass is 256 g/mol. The fourth-order valence-corrected chi connectivity index (χ4v) is 2.08. The Bertz CT molecular complexity index is 664. The molecule has 0 saturated carbocycles. The predicted octanol–water partition coefficient (Wildman–Crippen LogP) is 3.29. The molecule has 98 valence electrons. The number of para-hydroxylation sites is 1. The van der Waals surface area contributed by atoms with E-state index in [2.05, 4.69) is 5.10 Å². The SMILES string of the molecule is CC(C)n1cc(C(O)c2cc3ccccc3o2)cn1. The maximum atomic E-state index is 10.3. The quantitative estimate of drug-likeness (QED) is 0.782. The second kappa shape index (κ2) is 4.55. The summed E-state index contributed by atoms with van der Waals surface area (Å²) in [5, 5.41) is 15.6. The molecule has 1 atom stereocenters. The number of aliphatic hydroxyl groups is 1. The second-order valence-corrected chi connectivity index (χ2v) is 4.94. The first kappa shape index (κ1) is 12.0. The Balaban J connectivity index is 1.95. The van der Waals surface area contributed by atoms with E-state index in [0.29, 0.717) is 5.76 Å². The van der Waals surface area contributed by atoms with Crippen molar-refractivity contribution >= 4 is 11.0 Å². The Morgan fingerprint density at radius 2 is 2.05 bits per heavy atom. The number of hydrogen-bond acceptors (Lipinski definition) is 3. The molecule has 4 heteroatoms. The van der Waals surface area contributed by atoms with Crippen molar-refractivity contribution in [3.05, 3.63) is 54.0 Å². The van der Waals surface area contributed by atoms with Crippen LogP contribution < -0.4 is 0 Å². The smallest absolute Gasteiger partial charge is 0.140 e. The number of benzene rings is 1. The minimum Gasteiger partial charge on any atom is -0.458 e. The molecule has 4 nitrogen and oxygen atoms in total. The highest BCUT2D eigenvalue weighted by molar-refractivity contribution is 5.77. The first-order valence-corrected chi connectivity index (χ1v) is 6.36. The van der Waals surface area contributed by atoms with Crippen molar-refractivity contribution in [2.75, 3.05) is 0 Å². The molecule has 3 rings (SSSR count). The first-order chi connectivity index (χ1) is 9.15. The standard InChI is InChI=1S/C15H16N2O2/c1-10(2)17-9-12(8-16-17)15(18)14-7-11-5-3-4-6-13(11)19-14/h3-10,15,18H,1-2H3. The van der Waals surface area contributed by atoms with Crippen LogP contribution in [0.1, 0.15) is 37.3 Å². The van der Waals surface area contributed by atoms with Gasteiger partial charge in [0.25, 0.3) is 0 Å². The van der Waals surface area contributed by atoms with E-state index >= 15 is 0 Å². The number of aromatic nitrogens is 2. The van der Waals surface area contributed by atoms with Gasteiger partial charge in [0.05, 0.1) is 6.20 Å². The van der Waals surface area contributed by atoms with Gasteiger partial charge in [0.2, 0.25) is 0 Å². The van der Waals surface area contributed by atoms with Crippen LogP contribution in [0.5, 0.6) is 0 Å². The van der Waals surface area contributed by atoms with Gasteiger partial charge in [-0.2, -0.15) is 5.10 Å². The number of hydrogen-bond donors (Lipinski definition) is 1. The van der Waals surface area contributed by atoms with Crippen molar-refractivity contribution in [1.82, 2.24) is 9.78 Å². The Labute approximate surface area is 111 Å². The average molecular weight is 256 g/mol. The zero-order valence-corrected chi connectivity index (χ0v) is 10.9. The summed E-state index contributed by atoms with van der Waals surface area (Å²) in [7, 11) is 0. The molecule has 2 heterocycles. The predicted molar refractivity (Wildman–Crippen MR) is 72.9 cm³/mol. The number of nitrogens with zero attached hydrogens (tertiary/aromatic N) is 2. The third-order valence-corrected chi connectivity index (χ3v) is 3.18. The van der Waals surface area contributed by atoms with E-state index in [9.17, 15) is 5.11 Å². The molecule has 2 aromatic heterocycles. The molecule has 0 radical (unpaired) electrons. The minimum absolute atomic E-state index is 0.275. The Morgan fingerprint density at radius 3 is 2.74 bits per heavy atom. The van der Waals surface area contributed by atoms with Crippen LogP contribution in [0.3, 0.4) is 0 Å².